The predicted molar refractivity (Wildman–Crippen MR) is 144 cm³/mol. The first-order chi connectivity index (χ1) is 19.9. The Bertz CT molecular complexity index is 1730. The normalized spacial score (nSPS) is 21.1. The van der Waals surface area contributed by atoms with Crippen LogP contribution in [0.3, 0.4) is 0 Å². The summed E-state index contributed by atoms with van der Waals surface area (Å²) in [4.78, 5) is 0. The molecule has 10 N–H and O–H groups in total. The average Bonchev–Trinajstić information content (AvgIpc) is 2.92. The fourth-order valence-corrected chi connectivity index (χ4v) is 5.56. The molecule has 6 rings (SSSR count). The molecule has 2 aliphatic rings. The Morgan fingerprint density at radius 2 is 1.19 bits per heavy atom. The van der Waals surface area contributed by atoms with Crippen LogP contribution in [0, 0.1) is 0 Å². The van der Waals surface area contributed by atoms with Crippen LogP contribution in [0.4, 0.5) is 0 Å². The number of aliphatic hydroxyl groups is 2. The smallest absolute Gasteiger partial charge is 0.158 e. The lowest BCUT2D eigenvalue weighted by molar-refractivity contribution is 0.0189. The lowest BCUT2D eigenvalue weighted by Gasteiger charge is -2.35. The van der Waals surface area contributed by atoms with E-state index in [-0.39, 0.29) is 75.0 Å². The molecular weight excluding hydrogens is 552 g/mol. The number of phenols is 8. The minimum Gasteiger partial charge on any atom is -0.508 e. The summed E-state index contributed by atoms with van der Waals surface area (Å²) >= 11 is 0. The Morgan fingerprint density at radius 3 is 1.93 bits per heavy atom. The highest BCUT2D eigenvalue weighted by molar-refractivity contribution is 5.84. The molecule has 4 aromatic carbocycles. The van der Waals surface area contributed by atoms with Gasteiger partial charge < -0.3 is 60.5 Å². The highest BCUT2D eigenvalue weighted by Crippen LogP contribution is 2.54. The molecule has 0 amide bonds. The summed E-state index contributed by atoms with van der Waals surface area (Å²) in [5.74, 6) is -3.54. The van der Waals surface area contributed by atoms with Gasteiger partial charge in [0, 0.05) is 53.3 Å². The molecule has 4 aromatic rings. The summed E-state index contributed by atoms with van der Waals surface area (Å²) in [7, 11) is 0. The zero-order valence-electron chi connectivity index (χ0n) is 21.6. The van der Waals surface area contributed by atoms with E-state index in [0.29, 0.717) is 0 Å². The monoisotopic (exact) mass is 578 g/mol. The first-order valence-electron chi connectivity index (χ1n) is 12.8. The van der Waals surface area contributed by atoms with E-state index >= 15 is 0 Å². The number of phenolic OH excluding ortho intramolecular Hbond substituents is 8. The Labute approximate surface area is 237 Å². The van der Waals surface area contributed by atoms with E-state index in [2.05, 4.69) is 0 Å². The van der Waals surface area contributed by atoms with Crippen LogP contribution in [0.5, 0.6) is 57.5 Å². The highest BCUT2D eigenvalue weighted by Gasteiger charge is 2.39. The molecule has 12 heteroatoms. The molecule has 0 saturated heterocycles. The third-order valence-electron chi connectivity index (χ3n) is 7.58. The Balaban J connectivity index is 1.52. The molecule has 0 aliphatic carbocycles. The summed E-state index contributed by atoms with van der Waals surface area (Å²) in [5, 5.41) is 105. The van der Waals surface area contributed by atoms with Gasteiger partial charge in [-0.15, -0.1) is 0 Å². The van der Waals surface area contributed by atoms with Crippen molar-refractivity contribution in [2.24, 2.45) is 0 Å². The number of fused-ring (bicyclic) bond motifs is 2. The minimum absolute atomic E-state index is 0.0274. The fraction of sp³-hybridized carbons (Fsp3) is 0.200. The number of hydrogen-bond donors (Lipinski definition) is 10. The molecule has 0 radical (unpaired) electrons. The van der Waals surface area contributed by atoms with E-state index in [1.165, 1.54) is 24.3 Å². The van der Waals surface area contributed by atoms with E-state index in [1.807, 2.05) is 0 Å². The second-order valence-electron chi connectivity index (χ2n) is 10.3. The molecule has 4 atom stereocenters. The maximum Gasteiger partial charge on any atom is 0.158 e. The van der Waals surface area contributed by atoms with Crippen molar-refractivity contribution in [2.75, 3.05) is 0 Å². The summed E-state index contributed by atoms with van der Waals surface area (Å²) in [5.41, 5.74) is 0.644. The number of benzene rings is 4. The third-order valence-corrected chi connectivity index (χ3v) is 7.58. The van der Waals surface area contributed by atoms with Crippen LogP contribution in [0.15, 0.2) is 48.5 Å². The Kier molecular flexibility index (Phi) is 6.24. The van der Waals surface area contributed by atoms with E-state index in [1.54, 1.807) is 0 Å². The molecule has 0 aromatic heterocycles. The van der Waals surface area contributed by atoms with E-state index in [0.717, 1.165) is 24.3 Å². The molecule has 0 saturated carbocycles. The van der Waals surface area contributed by atoms with Gasteiger partial charge >= 0.3 is 0 Å². The number of rotatable bonds is 3. The molecule has 0 spiro atoms. The lowest BCUT2D eigenvalue weighted by atomic mass is 9.85. The molecule has 2 aliphatic heterocycles. The number of ether oxygens (including phenoxy) is 2. The van der Waals surface area contributed by atoms with Gasteiger partial charge in [0.2, 0.25) is 0 Å². The van der Waals surface area contributed by atoms with Gasteiger partial charge in [-0.1, -0.05) is 6.07 Å². The zero-order chi connectivity index (χ0) is 30.0. The van der Waals surface area contributed by atoms with Crippen LogP contribution in [-0.4, -0.2) is 63.3 Å². The van der Waals surface area contributed by atoms with E-state index in [9.17, 15) is 51.1 Å². The second kappa shape index (κ2) is 9.72. The molecule has 0 unspecified atom stereocenters. The quantitative estimate of drug-likeness (QED) is 0.159. The summed E-state index contributed by atoms with van der Waals surface area (Å²) < 4.78 is 12.1. The van der Waals surface area contributed by atoms with Gasteiger partial charge in [-0.05, 0) is 29.8 Å². The van der Waals surface area contributed by atoms with Crippen LogP contribution < -0.4 is 9.47 Å². The molecule has 42 heavy (non-hydrogen) atoms. The minimum atomic E-state index is -1.30. The van der Waals surface area contributed by atoms with Crippen molar-refractivity contribution < 1.29 is 60.5 Å². The molecule has 12 nitrogen and oxygen atoms in total. The van der Waals surface area contributed by atoms with Gasteiger partial charge in [-0.25, -0.2) is 0 Å². The molecular formula is C30H26O12. The van der Waals surface area contributed by atoms with Gasteiger partial charge in [-0.3, -0.25) is 0 Å². The van der Waals surface area contributed by atoms with Gasteiger partial charge in [-0.2, -0.15) is 0 Å². The van der Waals surface area contributed by atoms with Crippen molar-refractivity contribution in [2.45, 2.75) is 37.3 Å². The molecule has 0 fully saturated rings. The van der Waals surface area contributed by atoms with Crippen molar-refractivity contribution in [1.29, 1.82) is 0 Å². The van der Waals surface area contributed by atoms with Crippen LogP contribution in [-0.2, 0) is 12.8 Å². The second-order valence-corrected chi connectivity index (χ2v) is 10.3. The molecule has 2 heterocycles. The maximum absolute atomic E-state index is 11.1. The first-order valence-corrected chi connectivity index (χ1v) is 12.8. The SMILES string of the molecule is Oc1cc(O)c2c(c1)O[C@@H](c1cc(O)c(O)cc1-c1c(O)cc(O)c3c1O[C@@H](c1ccc(O)c(O)c1)[C@@H](O)C3)[C@@H](O)C2. The standard InChI is InChI=1S/C30H26O12/c31-12-4-18(33)15-8-25(40)29(41-26(15)5-12)14-7-22(37)21(36)6-13(14)27-23(38)10-19(34)16-9-24(39)28(42-30(16)27)11-1-2-17(32)20(35)3-11/h1-7,10,24-25,28-29,31-40H,8-9H2/t24-,25-,28-,29-/m0/s1. The number of aliphatic hydroxyl groups excluding tert-OH is 2. The summed E-state index contributed by atoms with van der Waals surface area (Å²) in [6, 6.07) is 9.43. The zero-order valence-corrected chi connectivity index (χ0v) is 21.6. The van der Waals surface area contributed by atoms with E-state index in [4.69, 9.17) is 9.47 Å². The van der Waals surface area contributed by atoms with Gasteiger partial charge in [0.1, 0.15) is 40.6 Å². The largest absolute Gasteiger partial charge is 0.508 e. The van der Waals surface area contributed by atoms with Gasteiger partial charge in [0.25, 0.3) is 0 Å². The van der Waals surface area contributed by atoms with Crippen LogP contribution in [0.25, 0.3) is 11.1 Å². The summed E-state index contributed by atoms with van der Waals surface area (Å²) in [6.45, 7) is 0. The Morgan fingerprint density at radius 1 is 0.548 bits per heavy atom. The third kappa shape index (κ3) is 4.33. The lowest BCUT2D eigenvalue weighted by Crippen LogP contribution is -2.31. The number of aromatic hydroxyl groups is 8. The van der Waals surface area contributed by atoms with Crippen molar-refractivity contribution in [3.63, 3.8) is 0 Å². The predicted octanol–water partition coefficient (Wildman–Crippen LogP) is 3.07. The van der Waals surface area contributed by atoms with Crippen LogP contribution >= 0.6 is 0 Å². The Hall–Kier alpha value is -5.20. The van der Waals surface area contributed by atoms with Crippen molar-refractivity contribution in [3.8, 4) is 68.6 Å². The average molecular weight is 579 g/mol. The first kappa shape index (κ1) is 27.0. The molecule has 0 bridgehead atoms. The number of hydrogen-bond acceptors (Lipinski definition) is 12. The highest BCUT2D eigenvalue weighted by atomic mass is 16.5. The van der Waals surface area contributed by atoms with E-state index < -0.39 is 53.2 Å². The van der Waals surface area contributed by atoms with Crippen molar-refractivity contribution in [3.05, 3.63) is 70.8 Å². The maximum atomic E-state index is 11.1. The molecule has 218 valence electrons. The van der Waals surface area contributed by atoms with Gasteiger partial charge in [0.05, 0.1) is 17.8 Å². The van der Waals surface area contributed by atoms with Crippen molar-refractivity contribution >= 4 is 0 Å². The topological polar surface area (TPSA) is 221 Å². The van der Waals surface area contributed by atoms with Crippen LogP contribution in [0.2, 0.25) is 0 Å². The fourth-order valence-electron chi connectivity index (χ4n) is 5.56. The van der Waals surface area contributed by atoms with Crippen molar-refractivity contribution in [1.82, 2.24) is 0 Å². The van der Waals surface area contributed by atoms with Crippen LogP contribution in [0.1, 0.15) is 34.5 Å². The van der Waals surface area contributed by atoms with Gasteiger partial charge in [0.15, 0.2) is 29.1 Å². The summed E-state index contributed by atoms with van der Waals surface area (Å²) in [6.07, 6.45) is -5.18.